The maximum Gasteiger partial charge on any atom is 1.00 e. The molecule has 0 aliphatic heterocycles. The minimum absolute atomic E-state index is 0. The quantitative estimate of drug-likeness (QED) is 0.409. The third kappa shape index (κ3) is 5.67. The molecule has 0 aliphatic carbocycles. The molecule has 1 aromatic rings. The number of non-ortho nitro benzene ring substituents is 1. The van der Waals surface area contributed by atoms with Crippen molar-refractivity contribution in [2.75, 3.05) is 0 Å². The van der Waals surface area contributed by atoms with Crippen LogP contribution in [-0.2, 0) is 6.32 Å². The Morgan fingerprint density at radius 3 is 2.40 bits per heavy atom. The van der Waals surface area contributed by atoms with Crippen LogP contribution in [0.1, 0.15) is 5.56 Å². The molecule has 0 unspecified atom stereocenters. The number of benzene rings is 1. The van der Waals surface area contributed by atoms with E-state index in [-0.39, 0.29) is 62.6 Å². The first-order chi connectivity index (χ1) is 6.38. The van der Waals surface area contributed by atoms with E-state index >= 15 is 0 Å². The van der Waals surface area contributed by atoms with E-state index < -0.39 is 18.2 Å². The molecule has 0 amide bonds. The summed E-state index contributed by atoms with van der Waals surface area (Å²) in [6.07, 6.45) is -1.08. The van der Waals surface area contributed by atoms with E-state index in [1.165, 1.54) is 12.1 Å². The number of halogens is 3. The molecule has 0 bridgehead atoms. The number of nitrogens with zero attached hydrogens (tertiary/aromatic N) is 1. The Kier molecular flexibility index (Phi) is 6.04. The van der Waals surface area contributed by atoms with Gasteiger partial charge in [0.25, 0.3) is 5.69 Å². The van der Waals surface area contributed by atoms with Crippen molar-refractivity contribution in [3.05, 3.63) is 39.9 Å². The Morgan fingerprint density at radius 1 is 1.33 bits per heavy atom. The molecular formula is C7H6BF3KNO2. The molecule has 1 rings (SSSR count). The molecule has 0 spiro atoms. The van der Waals surface area contributed by atoms with Crippen molar-refractivity contribution >= 4 is 12.7 Å². The monoisotopic (exact) mass is 243 g/mol. The molecule has 0 aliphatic rings. The molecule has 0 N–H and O–H groups in total. The molecule has 76 valence electrons. The summed E-state index contributed by atoms with van der Waals surface area (Å²) in [7, 11) is 0. The van der Waals surface area contributed by atoms with Crippen molar-refractivity contribution < 1.29 is 69.3 Å². The smallest absolute Gasteiger partial charge is 0.449 e. The van der Waals surface area contributed by atoms with Crippen LogP contribution in [0.5, 0.6) is 0 Å². The number of hydrogen-bond donors (Lipinski definition) is 0. The maximum absolute atomic E-state index is 12.0. The zero-order valence-electron chi connectivity index (χ0n) is 7.99. The molecule has 8 heteroatoms. The third-order valence-electron chi connectivity index (χ3n) is 1.59. The van der Waals surface area contributed by atoms with Crippen molar-refractivity contribution in [2.45, 2.75) is 6.32 Å². The third-order valence-corrected chi connectivity index (χ3v) is 1.59. The largest absolute Gasteiger partial charge is 1.00 e. The van der Waals surface area contributed by atoms with Crippen LogP contribution < -0.4 is 51.4 Å². The second-order valence-electron chi connectivity index (χ2n) is 2.84. The van der Waals surface area contributed by atoms with Gasteiger partial charge in [-0.3, -0.25) is 10.1 Å². The van der Waals surface area contributed by atoms with Crippen molar-refractivity contribution in [1.82, 2.24) is 0 Å². The Bertz CT molecular complexity index is 358. The number of nitro benzene ring substituents is 1. The average Bonchev–Trinajstić information content (AvgIpc) is 2.01. The number of nitro groups is 1. The SMILES string of the molecule is O=[N+]([O-])c1cccc(C[B-](F)(F)F)c1.[K+]. The molecular weight excluding hydrogens is 237 g/mol. The Hall–Kier alpha value is 0.111. The van der Waals surface area contributed by atoms with E-state index in [9.17, 15) is 23.1 Å². The Morgan fingerprint density at radius 2 is 1.93 bits per heavy atom. The Labute approximate surface area is 127 Å². The second-order valence-corrected chi connectivity index (χ2v) is 2.84. The van der Waals surface area contributed by atoms with E-state index in [1.54, 1.807) is 0 Å². The van der Waals surface area contributed by atoms with E-state index in [0.29, 0.717) is 0 Å². The van der Waals surface area contributed by atoms with Crippen LogP contribution in [0.15, 0.2) is 24.3 Å². The van der Waals surface area contributed by atoms with E-state index in [2.05, 4.69) is 0 Å². The zero-order valence-corrected chi connectivity index (χ0v) is 11.1. The van der Waals surface area contributed by atoms with Gasteiger partial charge in [-0.2, -0.15) is 0 Å². The van der Waals surface area contributed by atoms with E-state index in [0.717, 1.165) is 12.1 Å². The van der Waals surface area contributed by atoms with Gasteiger partial charge in [0.1, 0.15) is 0 Å². The Balaban J connectivity index is 0.00000196. The summed E-state index contributed by atoms with van der Waals surface area (Å²) in [5.74, 6) is 0. The van der Waals surface area contributed by atoms with Crippen molar-refractivity contribution in [3.8, 4) is 0 Å². The van der Waals surface area contributed by atoms with Crippen LogP contribution in [0, 0.1) is 10.1 Å². The summed E-state index contributed by atoms with van der Waals surface area (Å²) in [5.41, 5.74) is -0.394. The predicted molar refractivity (Wildman–Crippen MR) is 45.9 cm³/mol. The number of hydrogen-bond acceptors (Lipinski definition) is 2. The van der Waals surface area contributed by atoms with Gasteiger partial charge in [0.2, 0.25) is 0 Å². The fourth-order valence-electron chi connectivity index (χ4n) is 1.06. The standard InChI is InChI=1S/C7H6BF3NO2.K/c9-8(10,11)5-6-2-1-3-7(4-6)12(13)14;/h1-4H,5H2;/q-1;+1. The van der Waals surface area contributed by atoms with Crippen LogP contribution in [0.25, 0.3) is 0 Å². The van der Waals surface area contributed by atoms with Crippen LogP contribution in [0.3, 0.4) is 0 Å². The van der Waals surface area contributed by atoms with Gasteiger partial charge < -0.3 is 12.9 Å². The predicted octanol–water partition coefficient (Wildman–Crippen LogP) is -0.472. The van der Waals surface area contributed by atoms with Gasteiger partial charge in [-0.25, -0.2) is 0 Å². The van der Waals surface area contributed by atoms with Crippen molar-refractivity contribution in [3.63, 3.8) is 0 Å². The molecule has 3 nitrogen and oxygen atoms in total. The molecule has 15 heavy (non-hydrogen) atoms. The van der Waals surface area contributed by atoms with Crippen LogP contribution >= 0.6 is 0 Å². The molecule has 0 heterocycles. The molecule has 0 atom stereocenters. The molecule has 0 aromatic heterocycles. The molecule has 0 fully saturated rings. The summed E-state index contributed by atoms with van der Waals surface area (Å²) in [4.78, 5) is 9.53. The van der Waals surface area contributed by atoms with Gasteiger partial charge in [0.05, 0.1) is 4.92 Å². The molecule has 0 saturated carbocycles. The zero-order chi connectivity index (χ0) is 10.8. The van der Waals surface area contributed by atoms with Crippen LogP contribution in [0.2, 0.25) is 0 Å². The average molecular weight is 243 g/mol. The maximum atomic E-state index is 12.0. The van der Waals surface area contributed by atoms with Crippen LogP contribution in [0.4, 0.5) is 18.6 Å². The summed E-state index contributed by atoms with van der Waals surface area (Å²) in [6.45, 7) is -4.94. The fraction of sp³-hybridized carbons (Fsp3) is 0.143. The molecule has 1 aromatic carbocycles. The van der Waals surface area contributed by atoms with Gasteiger partial charge in [-0.15, -0.1) is 0 Å². The molecule has 0 radical (unpaired) electrons. The van der Waals surface area contributed by atoms with Crippen molar-refractivity contribution in [2.24, 2.45) is 0 Å². The van der Waals surface area contributed by atoms with Gasteiger partial charge >= 0.3 is 58.4 Å². The van der Waals surface area contributed by atoms with Gasteiger partial charge in [0, 0.05) is 12.1 Å². The fourth-order valence-corrected chi connectivity index (χ4v) is 1.06. The number of rotatable bonds is 3. The normalized spacial score (nSPS) is 10.6. The minimum Gasteiger partial charge on any atom is -0.449 e. The van der Waals surface area contributed by atoms with Crippen LogP contribution in [-0.4, -0.2) is 11.9 Å². The summed E-state index contributed by atoms with van der Waals surface area (Å²) >= 11 is 0. The van der Waals surface area contributed by atoms with E-state index in [4.69, 9.17) is 0 Å². The first-order valence-corrected chi connectivity index (χ1v) is 3.83. The topological polar surface area (TPSA) is 43.1 Å². The summed E-state index contributed by atoms with van der Waals surface area (Å²) in [6, 6.07) is 4.57. The first-order valence-electron chi connectivity index (χ1n) is 3.83. The van der Waals surface area contributed by atoms with Gasteiger partial charge in [0.15, 0.2) is 0 Å². The molecule has 0 saturated heterocycles. The van der Waals surface area contributed by atoms with Crippen molar-refractivity contribution in [1.29, 1.82) is 0 Å². The second kappa shape index (κ2) is 6.00. The summed E-state index contributed by atoms with van der Waals surface area (Å²) < 4.78 is 35.9. The van der Waals surface area contributed by atoms with E-state index in [1.807, 2.05) is 0 Å². The van der Waals surface area contributed by atoms with Gasteiger partial charge in [-0.1, -0.05) is 24.0 Å². The van der Waals surface area contributed by atoms with Gasteiger partial charge in [-0.05, 0) is 0 Å². The minimum atomic E-state index is -4.94. The summed E-state index contributed by atoms with van der Waals surface area (Å²) in [5, 5.41) is 10.2. The first kappa shape index (κ1) is 15.1.